The lowest BCUT2D eigenvalue weighted by Crippen LogP contribution is -2.04. The second kappa shape index (κ2) is 7.31. The van der Waals surface area contributed by atoms with E-state index in [1.165, 1.54) is 13.2 Å². The minimum Gasteiger partial charge on any atom is -0.507 e. The molecule has 0 atom stereocenters. The third kappa shape index (κ3) is 3.40. The van der Waals surface area contributed by atoms with Gasteiger partial charge in [0.15, 0.2) is 0 Å². The number of ether oxygens (including phenoxy) is 2. The van der Waals surface area contributed by atoms with Crippen molar-refractivity contribution >= 4 is 27.9 Å². The highest BCUT2D eigenvalue weighted by molar-refractivity contribution is 5.94. The van der Waals surface area contributed by atoms with E-state index in [2.05, 4.69) is 4.74 Å². The van der Waals surface area contributed by atoms with Crippen molar-refractivity contribution in [2.24, 2.45) is 0 Å². The van der Waals surface area contributed by atoms with Crippen LogP contribution in [-0.4, -0.2) is 18.2 Å². The maximum Gasteiger partial charge on any atom is 0.337 e. The Morgan fingerprint density at radius 2 is 1.86 bits per heavy atom. The van der Waals surface area contributed by atoms with Gasteiger partial charge in [-0.2, -0.15) is 0 Å². The number of fused-ring (bicyclic) bond motifs is 2. The van der Waals surface area contributed by atoms with Gasteiger partial charge in [-0.25, -0.2) is 4.79 Å². The van der Waals surface area contributed by atoms with Gasteiger partial charge >= 0.3 is 5.97 Å². The Balaban J connectivity index is 1.66. The van der Waals surface area contributed by atoms with Crippen molar-refractivity contribution in [2.45, 2.75) is 13.5 Å². The van der Waals surface area contributed by atoms with Crippen LogP contribution in [0.1, 0.15) is 21.5 Å². The average Bonchev–Trinajstić information content (AvgIpc) is 2.72. The molecule has 0 aliphatic rings. The monoisotopic (exact) mass is 390 g/mol. The second-order valence-corrected chi connectivity index (χ2v) is 6.68. The molecule has 0 saturated heterocycles. The number of carbonyl (C=O) groups is 1. The fraction of sp³-hybridized carbons (Fsp3) is 0.130. The summed E-state index contributed by atoms with van der Waals surface area (Å²) >= 11 is 0. The van der Waals surface area contributed by atoms with E-state index in [9.17, 15) is 14.7 Å². The molecule has 1 aromatic heterocycles. The van der Waals surface area contributed by atoms with Crippen LogP contribution in [0, 0.1) is 6.92 Å². The molecule has 6 nitrogen and oxygen atoms in total. The standard InChI is InChI=1S/C23H18O6/c1-13-4-3-5-17-21(25)20-18(24)10-16(11-19(20)29-22(13)17)28-12-14-6-8-15(9-7-14)23(26)27-2/h3-11,24H,12H2,1-2H3. The summed E-state index contributed by atoms with van der Waals surface area (Å²) in [5.41, 5.74) is 2.56. The minimum absolute atomic E-state index is 0.123. The summed E-state index contributed by atoms with van der Waals surface area (Å²) in [7, 11) is 1.33. The van der Waals surface area contributed by atoms with Gasteiger partial charge in [0.05, 0.1) is 18.1 Å². The van der Waals surface area contributed by atoms with E-state index in [0.29, 0.717) is 22.3 Å². The van der Waals surface area contributed by atoms with Gasteiger partial charge in [-0.05, 0) is 36.2 Å². The fourth-order valence-electron chi connectivity index (χ4n) is 3.20. The SMILES string of the molecule is COC(=O)c1ccc(COc2cc(O)c3c(=O)c4cccc(C)c4oc3c2)cc1. The van der Waals surface area contributed by atoms with Crippen molar-refractivity contribution in [3.8, 4) is 11.5 Å². The zero-order chi connectivity index (χ0) is 20.5. The maximum absolute atomic E-state index is 12.8. The van der Waals surface area contributed by atoms with Gasteiger partial charge in [-0.3, -0.25) is 4.79 Å². The molecule has 6 heteroatoms. The number of phenolic OH excluding ortho intramolecular Hbond substituents is 1. The quantitative estimate of drug-likeness (QED) is 0.412. The number of aromatic hydroxyl groups is 1. The highest BCUT2D eigenvalue weighted by atomic mass is 16.5. The Hall–Kier alpha value is -3.80. The van der Waals surface area contributed by atoms with Crippen LogP contribution in [0.3, 0.4) is 0 Å². The summed E-state index contributed by atoms with van der Waals surface area (Å²) in [4.78, 5) is 24.3. The lowest BCUT2D eigenvalue weighted by molar-refractivity contribution is 0.0600. The average molecular weight is 390 g/mol. The Bertz CT molecular complexity index is 1280. The van der Waals surface area contributed by atoms with E-state index >= 15 is 0 Å². The topological polar surface area (TPSA) is 86.0 Å². The van der Waals surface area contributed by atoms with Crippen molar-refractivity contribution in [1.82, 2.24) is 0 Å². The first-order valence-electron chi connectivity index (χ1n) is 8.97. The molecule has 0 radical (unpaired) electrons. The van der Waals surface area contributed by atoms with Crippen molar-refractivity contribution in [1.29, 1.82) is 0 Å². The number of para-hydroxylation sites is 1. The summed E-state index contributed by atoms with van der Waals surface area (Å²) in [5, 5.41) is 10.9. The summed E-state index contributed by atoms with van der Waals surface area (Å²) in [6, 6.07) is 15.1. The van der Waals surface area contributed by atoms with Crippen LogP contribution in [0.15, 0.2) is 63.8 Å². The second-order valence-electron chi connectivity index (χ2n) is 6.68. The van der Waals surface area contributed by atoms with Crippen LogP contribution >= 0.6 is 0 Å². The van der Waals surface area contributed by atoms with Crippen molar-refractivity contribution in [2.75, 3.05) is 7.11 Å². The molecular weight excluding hydrogens is 372 g/mol. The molecule has 0 spiro atoms. The van der Waals surface area contributed by atoms with Gasteiger partial charge in [0.25, 0.3) is 0 Å². The molecule has 0 saturated carbocycles. The lowest BCUT2D eigenvalue weighted by Gasteiger charge is -2.10. The third-order valence-electron chi connectivity index (χ3n) is 4.73. The van der Waals surface area contributed by atoms with E-state index in [1.54, 1.807) is 42.5 Å². The number of phenols is 1. The molecule has 0 aliphatic heterocycles. The molecule has 146 valence electrons. The fourth-order valence-corrected chi connectivity index (χ4v) is 3.20. The highest BCUT2D eigenvalue weighted by Crippen LogP contribution is 2.31. The predicted octanol–water partition coefficient (Wildman–Crippen LogP) is 4.33. The van der Waals surface area contributed by atoms with Crippen LogP contribution in [0.25, 0.3) is 21.9 Å². The van der Waals surface area contributed by atoms with Crippen LogP contribution < -0.4 is 10.2 Å². The summed E-state index contributed by atoms with van der Waals surface area (Å²) < 4.78 is 16.3. The molecule has 0 aliphatic carbocycles. The van der Waals surface area contributed by atoms with Gasteiger partial charge in [0.1, 0.15) is 34.7 Å². The number of carbonyl (C=O) groups excluding carboxylic acids is 1. The third-order valence-corrected chi connectivity index (χ3v) is 4.73. The van der Waals surface area contributed by atoms with Gasteiger partial charge in [-0.1, -0.05) is 24.3 Å². The number of rotatable bonds is 4. The zero-order valence-corrected chi connectivity index (χ0v) is 15.9. The molecule has 0 bridgehead atoms. The first kappa shape index (κ1) is 18.6. The van der Waals surface area contributed by atoms with Crippen molar-refractivity contribution < 1.29 is 23.8 Å². The number of methoxy groups -OCH3 is 1. The molecule has 1 N–H and O–H groups in total. The predicted molar refractivity (Wildman–Crippen MR) is 109 cm³/mol. The van der Waals surface area contributed by atoms with Gasteiger partial charge in [0, 0.05) is 12.1 Å². The largest absolute Gasteiger partial charge is 0.507 e. The van der Waals surface area contributed by atoms with Crippen LogP contribution in [0.4, 0.5) is 0 Å². The molecule has 1 heterocycles. The molecule has 0 amide bonds. The van der Waals surface area contributed by atoms with Crippen molar-refractivity contribution in [3.05, 3.63) is 81.5 Å². The minimum atomic E-state index is -0.408. The van der Waals surface area contributed by atoms with E-state index in [0.717, 1.165) is 11.1 Å². The summed E-state index contributed by atoms with van der Waals surface area (Å²) in [5.74, 6) is -0.242. The Kier molecular flexibility index (Phi) is 4.68. The molecule has 0 unspecified atom stereocenters. The molecule has 0 fully saturated rings. The lowest BCUT2D eigenvalue weighted by atomic mass is 10.1. The summed E-state index contributed by atoms with van der Waals surface area (Å²) in [6.45, 7) is 2.07. The van der Waals surface area contributed by atoms with Crippen LogP contribution in [0.2, 0.25) is 0 Å². The number of hydrogen-bond donors (Lipinski definition) is 1. The number of hydrogen-bond acceptors (Lipinski definition) is 6. The first-order chi connectivity index (χ1) is 14.0. The molecule has 4 rings (SSSR count). The normalized spacial score (nSPS) is 11.0. The zero-order valence-electron chi connectivity index (χ0n) is 15.9. The Morgan fingerprint density at radius 1 is 1.10 bits per heavy atom. The number of benzene rings is 3. The van der Waals surface area contributed by atoms with Crippen molar-refractivity contribution in [3.63, 3.8) is 0 Å². The van der Waals surface area contributed by atoms with E-state index < -0.39 is 5.97 Å². The number of aryl methyl sites for hydroxylation is 1. The Labute approximate surface area is 165 Å². The van der Waals surface area contributed by atoms with E-state index in [-0.39, 0.29) is 28.8 Å². The smallest absolute Gasteiger partial charge is 0.337 e. The molecule has 3 aromatic carbocycles. The molecular formula is C23H18O6. The molecule has 29 heavy (non-hydrogen) atoms. The molecule has 4 aromatic rings. The summed E-state index contributed by atoms with van der Waals surface area (Å²) in [6.07, 6.45) is 0. The van der Waals surface area contributed by atoms with Gasteiger partial charge in [-0.15, -0.1) is 0 Å². The first-order valence-corrected chi connectivity index (χ1v) is 8.97. The van der Waals surface area contributed by atoms with E-state index in [1.807, 2.05) is 13.0 Å². The number of esters is 1. The van der Waals surface area contributed by atoms with Gasteiger partial charge in [0.2, 0.25) is 5.43 Å². The van der Waals surface area contributed by atoms with Gasteiger partial charge < -0.3 is 19.0 Å². The van der Waals surface area contributed by atoms with E-state index in [4.69, 9.17) is 9.15 Å². The van der Waals surface area contributed by atoms with Crippen LogP contribution in [0.5, 0.6) is 11.5 Å². The highest BCUT2D eigenvalue weighted by Gasteiger charge is 2.15. The Morgan fingerprint density at radius 3 is 2.59 bits per heavy atom. The van der Waals surface area contributed by atoms with Crippen LogP contribution in [-0.2, 0) is 11.3 Å². The maximum atomic E-state index is 12.8.